The number of alkyl halides is 3. The Kier molecular flexibility index (Phi) is 4.90. The minimum atomic E-state index is -4.37. The lowest BCUT2D eigenvalue weighted by Crippen LogP contribution is -2.48. The summed E-state index contributed by atoms with van der Waals surface area (Å²) in [6, 6.07) is 14.6. The first kappa shape index (κ1) is 19.2. The van der Waals surface area contributed by atoms with Crippen LogP contribution in [0.5, 0.6) is 0 Å². The molecular formula is C22H20F3N3O. The Morgan fingerprint density at radius 3 is 2.41 bits per heavy atom. The van der Waals surface area contributed by atoms with Gasteiger partial charge in [0.05, 0.1) is 16.6 Å². The van der Waals surface area contributed by atoms with Gasteiger partial charge >= 0.3 is 6.18 Å². The second kappa shape index (κ2) is 7.39. The molecule has 1 saturated heterocycles. The Hall–Kier alpha value is -3.09. The number of pyridine rings is 1. The zero-order valence-electron chi connectivity index (χ0n) is 15.9. The molecule has 1 amide bonds. The van der Waals surface area contributed by atoms with Crippen molar-refractivity contribution >= 4 is 22.5 Å². The molecule has 29 heavy (non-hydrogen) atoms. The van der Waals surface area contributed by atoms with Gasteiger partial charge in [-0.3, -0.25) is 9.78 Å². The van der Waals surface area contributed by atoms with E-state index in [2.05, 4.69) is 4.98 Å². The maximum Gasteiger partial charge on any atom is 0.416 e. The van der Waals surface area contributed by atoms with E-state index in [9.17, 15) is 18.0 Å². The number of aromatic nitrogens is 1. The molecule has 7 heteroatoms. The molecule has 2 heterocycles. The summed E-state index contributed by atoms with van der Waals surface area (Å²) in [6.07, 6.45) is -4.37. The molecule has 0 radical (unpaired) electrons. The fourth-order valence-corrected chi connectivity index (χ4v) is 3.70. The molecule has 0 unspecified atom stereocenters. The van der Waals surface area contributed by atoms with Crippen molar-refractivity contribution in [2.24, 2.45) is 0 Å². The van der Waals surface area contributed by atoms with E-state index in [0.29, 0.717) is 37.4 Å². The third-order valence-corrected chi connectivity index (χ3v) is 5.18. The molecule has 3 aromatic rings. The topological polar surface area (TPSA) is 36.4 Å². The van der Waals surface area contributed by atoms with Crippen LogP contribution >= 0.6 is 0 Å². The minimum Gasteiger partial charge on any atom is -0.368 e. The molecule has 1 aliphatic rings. The first-order chi connectivity index (χ1) is 13.8. The Bertz CT molecular complexity index is 1060. The number of para-hydroxylation sites is 1. The predicted molar refractivity (Wildman–Crippen MR) is 106 cm³/mol. The maximum atomic E-state index is 13.1. The van der Waals surface area contributed by atoms with Crippen molar-refractivity contribution in [3.05, 3.63) is 71.4 Å². The van der Waals surface area contributed by atoms with E-state index in [1.54, 1.807) is 17.0 Å². The number of nitrogens with zero attached hydrogens (tertiary/aromatic N) is 3. The van der Waals surface area contributed by atoms with Gasteiger partial charge in [0.25, 0.3) is 5.91 Å². The molecule has 0 aliphatic carbocycles. The number of halogens is 3. The fourth-order valence-electron chi connectivity index (χ4n) is 3.70. The summed E-state index contributed by atoms with van der Waals surface area (Å²) in [5, 5.41) is 0.809. The van der Waals surface area contributed by atoms with E-state index in [0.717, 1.165) is 28.7 Å². The molecule has 1 aliphatic heterocycles. The number of fused-ring (bicyclic) bond motifs is 1. The van der Waals surface area contributed by atoms with Crippen LogP contribution in [0.25, 0.3) is 10.9 Å². The highest BCUT2D eigenvalue weighted by molar-refractivity contribution is 6.06. The van der Waals surface area contributed by atoms with Crippen molar-refractivity contribution in [2.75, 3.05) is 31.1 Å². The first-order valence-electron chi connectivity index (χ1n) is 9.41. The van der Waals surface area contributed by atoms with Gasteiger partial charge in [0.1, 0.15) is 0 Å². The number of carbonyl (C=O) groups excluding carboxylic acids is 1. The van der Waals surface area contributed by atoms with E-state index in [1.807, 2.05) is 36.1 Å². The van der Waals surface area contributed by atoms with E-state index < -0.39 is 11.7 Å². The Labute approximate surface area is 166 Å². The van der Waals surface area contributed by atoms with Crippen molar-refractivity contribution in [3.63, 3.8) is 0 Å². The van der Waals surface area contributed by atoms with Crippen LogP contribution in [-0.2, 0) is 6.18 Å². The van der Waals surface area contributed by atoms with E-state index in [4.69, 9.17) is 0 Å². The van der Waals surface area contributed by atoms with Gasteiger partial charge in [-0.2, -0.15) is 13.2 Å². The van der Waals surface area contributed by atoms with Crippen LogP contribution < -0.4 is 4.90 Å². The quantitative estimate of drug-likeness (QED) is 0.636. The normalized spacial score (nSPS) is 15.0. The molecule has 4 nitrogen and oxygen atoms in total. The molecule has 2 aromatic carbocycles. The van der Waals surface area contributed by atoms with Crippen molar-refractivity contribution in [2.45, 2.75) is 13.1 Å². The molecule has 150 valence electrons. The lowest BCUT2D eigenvalue weighted by atomic mass is 10.1. The molecule has 1 aromatic heterocycles. The zero-order chi connectivity index (χ0) is 20.6. The SMILES string of the molecule is Cc1cc(C(=O)N2CCN(c3cccc(C(F)(F)F)c3)CC2)c2ccccc2n1. The molecule has 0 bridgehead atoms. The van der Waals surface area contributed by atoms with Crippen molar-refractivity contribution in [1.29, 1.82) is 0 Å². The van der Waals surface area contributed by atoms with Crippen LogP contribution in [0.2, 0.25) is 0 Å². The maximum absolute atomic E-state index is 13.1. The number of rotatable bonds is 2. The van der Waals surface area contributed by atoms with Gasteiger partial charge in [-0.15, -0.1) is 0 Å². The van der Waals surface area contributed by atoms with E-state index in [1.165, 1.54) is 6.07 Å². The van der Waals surface area contributed by atoms with Gasteiger partial charge in [0.2, 0.25) is 0 Å². The smallest absolute Gasteiger partial charge is 0.368 e. The van der Waals surface area contributed by atoms with Crippen LogP contribution in [0.1, 0.15) is 21.6 Å². The van der Waals surface area contributed by atoms with Crippen LogP contribution in [0.15, 0.2) is 54.6 Å². The summed E-state index contributed by atoms with van der Waals surface area (Å²) in [4.78, 5) is 21.2. The van der Waals surface area contributed by atoms with Gasteiger partial charge in [0, 0.05) is 42.9 Å². The molecule has 4 rings (SSSR count). The molecule has 0 spiro atoms. The van der Waals surface area contributed by atoms with Crippen LogP contribution in [0.3, 0.4) is 0 Å². The van der Waals surface area contributed by atoms with Crippen molar-refractivity contribution in [3.8, 4) is 0 Å². The van der Waals surface area contributed by atoms with E-state index >= 15 is 0 Å². The van der Waals surface area contributed by atoms with Gasteiger partial charge in [0.15, 0.2) is 0 Å². The Morgan fingerprint density at radius 2 is 1.69 bits per heavy atom. The number of piperazine rings is 1. The number of anilines is 1. The summed E-state index contributed by atoms with van der Waals surface area (Å²) in [6.45, 7) is 3.72. The number of benzene rings is 2. The van der Waals surface area contributed by atoms with Gasteiger partial charge in [-0.25, -0.2) is 0 Å². The average molecular weight is 399 g/mol. The summed E-state index contributed by atoms with van der Waals surface area (Å²) in [5.41, 5.74) is 2.03. The fraction of sp³-hybridized carbons (Fsp3) is 0.273. The largest absolute Gasteiger partial charge is 0.416 e. The molecule has 1 fully saturated rings. The zero-order valence-corrected chi connectivity index (χ0v) is 15.9. The number of hydrogen-bond donors (Lipinski definition) is 0. The standard InChI is InChI=1S/C22H20F3N3O/c1-15-13-19(18-7-2-3-8-20(18)26-15)21(29)28-11-9-27(10-12-28)17-6-4-5-16(14-17)22(23,24)25/h2-8,13-14H,9-12H2,1H3. The molecule has 0 N–H and O–H groups in total. The number of carbonyl (C=O) groups is 1. The van der Waals surface area contributed by atoms with Crippen molar-refractivity contribution < 1.29 is 18.0 Å². The van der Waals surface area contributed by atoms with Crippen LogP contribution in [0.4, 0.5) is 18.9 Å². The number of hydrogen-bond acceptors (Lipinski definition) is 3. The molecule has 0 saturated carbocycles. The second-order valence-corrected chi connectivity index (χ2v) is 7.16. The lowest BCUT2D eigenvalue weighted by molar-refractivity contribution is -0.137. The van der Waals surface area contributed by atoms with Crippen LogP contribution in [0, 0.1) is 6.92 Å². The van der Waals surface area contributed by atoms with E-state index in [-0.39, 0.29) is 5.91 Å². The van der Waals surface area contributed by atoms with Crippen molar-refractivity contribution in [1.82, 2.24) is 9.88 Å². The summed E-state index contributed by atoms with van der Waals surface area (Å²) in [5.74, 6) is -0.0737. The third kappa shape index (κ3) is 3.90. The highest BCUT2D eigenvalue weighted by atomic mass is 19.4. The van der Waals surface area contributed by atoms with Gasteiger partial charge < -0.3 is 9.80 Å². The number of amides is 1. The lowest BCUT2D eigenvalue weighted by Gasteiger charge is -2.36. The third-order valence-electron chi connectivity index (χ3n) is 5.18. The summed E-state index contributed by atoms with van der Waals surface area (Å²) < 4.78 is 38.9. The minimum absolute atomic E-state index is 0.0737. The van der Waals surface area contributed by atoms with Gasteiger partial charge in [-0.1, -0.05) is 24.3 Å². The Morgan fingerprint density at radius 1 is 0.966 bits per heavy atom. The number of aryl methyl sites for hydroxylation is 1. The Balaban J connectivity index is 1.51. The first-order valence-corrected chi connectivity index (χ1v) is 9.41. The monoisotopic (exact) mass is 399 g/mol. The van der Waals surface area contributed by atoms with Gasteiger partial charge in [-0.05, 0) is 37.3 Å². The second-order valence-electron chi connectivity index (χ2n) is 7.16. The highest BCUT2D eigenvalue weighted by Gasteiger charge is 2.31. The summed E-state index contributed by atoms with van der Waals surface area (Å²) in [7, 11) is 0. The van der Waals surface area contributed by atoms with Crippen LogP contribution in [-0.4, -0.2) is 42.0 Å². The highest BCUT2D eigenvalue weighted by Crippen LogP contribution is 2.32. The predicted octanol–water partition coefficient (Wildman–Crippen LogP) is 4.52. The summed E-state index contributed by atoms with van der Waals surface area (Å²) >= 11 is 0. The average Bonchev–Trinajstić information content (AvgIpc) is 2.72. The molecule has 0 atom stereocenters. The molecular weight excluding hydrogens is 379 g/mol.